The topological polar surface area (TPSA) is 478 Å². The number of aliphatic hydroxyl groups is 3. The number of anilines is 1. The monoisotopic (exact) mass is 1320 g/mol. The lowest BCUT2D eigenvalue weighted by molar-refractivity contribution is -0.219. The van der Waals surface area contributed by atoms with Gasteiger partial charge in [-0.15, -0.1) is 0 Å². The van der Waals surface area contributed by atoms with Crippen LogP contribution in [0.1, 0.15) is 55.2 Å². The molecule has 8 amide bonds. The van der Waals surface area contributed by atoms with Gasteiger partial charge in [-0.25, -0.2) is 4.79 Å². The van der Waals surface area contributed by atoms with Crippen LogP contribution in [0.3, 0.4) is 0 Å². The highest BCUT2D eigenvalue weighted by atomic mass is 16.5. The molecule has 33 heteroatoms. The van der Waals surface area contributed by atoms with Gasteiger partial charge in [0.05, 0.1) is 51.7 Å². The molecular weight excluding hydrogens is 1230 g/mol. The minimum absolute atomic E-state index is 0.0424. The van der Waals surface area contributed by atoms with Crippen molar-refractivity contribution in [3.63, 3.8) is 0 Å². The predicted molar refractivity (Wildman–Crippen MR) is 338 cm³/mol. The zero-order valence-corrected chi connectivity index (χ0v) is 52.4. The van der Waals surface area contributed by atoms with Gasteiger partial charge < -0.3 is 93.5 Å². The summed E-state index contributed by atoms with van der Waals surface area (Å²) >= 11 is 0. The Bertz CT molecular complexity index is 2970. The Labute approximate surface area is 542 Å². The van der Waals surface area contributed by atoms with E-state index in [9.17, 15) is 83.7 Å². The number of carbonyl (C=O) groups is 10. The van der Waals surface area contributed by atoms with Crippen molar-refractivity contribution in [3.8, 4) is 5.75 Å². The summed E-state index contributed by atoms with van der Waals surface area (Å²) in [6, 6.07) is 19.8. The fourth-order valence-electron chi connectivity index (χ4n) is 10.0. The highest BCUT2D eigenvalue weighted by molar-refractivity contribution is 5.94. The molecular formula is C61H88N14O19. The predicted octanol–water partition coefficient (Wildman–Crippen LogP) is -3.85. The Balaban J connectivity index is 1.11. The van der Waals surface area contributed by atoms with E-state index >= 15 is 0 Å². The molecule has 2 aliphatic heterocycles. The summed E-state index contributed by atoms with van der Waals surface area (Å²) in [6.45, 7) is 1.41. The fraction of sp³-hybridized carbons (Fsp3) is 0.525. The summed E-state index contributed by atoms with van der Waals surface area (Å²) in [4.78, 5) is 137. The van der Waals surface area contributed by atoms with Crippen molar-refractivity contribution in [3.05, 3.63) is 95.6 Å². The molecule has 7 atom stereocenters. The molecule has 0 radical (unpaired) electrons. The van der Waals surface area contributed by atoms with Crippen LogP contribution in [-0.2, 0) is 59.2 Å². The first-order chi connectivity index (χ1) is 45.0. The number of phenols is 1. The number of nitrogens with zero attached hydrogens (tertiary/aromatic N) is 5. The van der Waals surface area contributed by atoms with Crippen molar-refractivity contribution >= 4 is 71.0 Å². The van der Waals surface area contributed by atoms with Crippen LogP contribution >= 0.6 is 0 Å². The van der Waals surface area contributed by atoms with E-state index in [0.717, 1.165) is 0 Å². The SMILES string of the molecule is CCC(=O)NCCNC(=O)/N=C(/N)NCCC[C@@H](NC(=O)[C@@H](c1ccccc1)c1cccc(NC(=O)CCOCCNC(=O)C2OC(CNC(=O)CN3CCN(CC(=O)O)CCN(CC(=O)O)CCN(CC(=O)O)CC3)C(O)C(O)C2O)c1)C(=O)NCc1ccc(O)cc1. The number of hydrogen-bond donors (Lipinski definition) is 16. The van der Waals surface area contributed by atoms with Crippen molar-refractivity contribution in [1.82, 2.24) is 56.8 Å². The summed E-state index contributed by atoms with van der Waals surface area (Å²) in [7, 11) is 0. The number of aliphatic hydroxyl groups excluding tert-OH is 3. The van der Waals surface area contributed by atoms with Gasteiger partial charge in [-0.1, -0.05) is 61.5 Å². The van der Waals surface area contributed by atoms with Crippen LogP contribution in [-0.4, -0.2) is 282 Å². The van der Waals surface area contributed by atoms with Gasteiger partial charge >= 0.3 is 23.9 Å². The van der Waals surface area contributed by atoms with E-state index in [2.05, 4.69) is 47.5 Å². The fourth-order valence-corrected chi connectivity index (χ4v) is 10.0. The van der Waals surface area contributed by atoms with E-state index in [0.29, 0.717) is 28.8 Å². The molecule has 0 bridgehead atoms. The average Bonchev–Trinajstić information content (AvgIpc) is 0.836. The second-order valence-electron chi connectivity index (χ2n) is 22.3. The summed E-state index contributed by atoms with van der Waals surface area (Å²) in [5, 5.41) is 92.2. The number of carboxylic acid groups (broad SMARTS) is 3. The highest BCUT2D eigenvalue weighted by Crippen LogP contribution is 2.28. The molecule has 2 aliphatic rings. The maximum Gasteiger partial charge on any atom is 0.344 e. The van der Waals surface area contributed by atoms with E-state index in [4.69, 9.17) is 15.2 Å². The van der Waals surface area contributed by atoms with Gasteiger partial charge in [0.25, 0.3) is 5.91 Å². The number of ether oxygens (including phenoxy) is 2. The van der Waals surface area contributed by atoms with Gasteiger partial charge in [0.15, 0.2) is 12.1 Å². The quantitative estimate of drug-likeness (QED) is 0.0158. The standard InChI is InChI=1S/C61H88N14O19/c1-2-46(77)63-19-20-66-61(92)71-60(62)65-18-7-12-44(57(89)68-33-39-13-15-43(76)16-14-39)70-58(90)52(40-8-4-3-5-9-40)41-10-6-11-42(32-41)69-47(78)17-30-93-31-21-64-59(91)56-55(88)54(87)53(86)45(94-56)34-67-48(79)35-72-22-24-73(36-49(80)81)26-28-75(38-51(84)85)29-27-74(25-23-72)37-50(82)83/h3-6,8-11,13-16,32,44-45,52-56,76,86-88H,2,7,12,17-31,33-38H2,1H3,(H,63,77)(H,64,91)(H,67,79)(H,68,89)(H,69,78)(H,70,90)(H,80,81)(H,82,83)(H,84,85)(H4,62,65,66,71,92)/t44-,45?,52+,53?,54?,55?,56?/m1/s1. The largest absolute Gasteiger partial charge is 0.508 e. The number of benzene rings is 3. The number of guanidine groups is 1. The number of hydrogen-bond acceptors (Lipinski definition) is 20. The number of aromatic hydroxyl groups is 1. The highest BCUT2D eigenvalue weighted by Gasteiger charge is 2.46. The maximum atomic E-state index is 14.5. The third-order valence-corrected chi connectivity index (χ3v) is 15.0. The molecule has 0 aliphatic carbocycles. The Morgan fingerprint density at radius 2 is 1.19 bits per heavy atom. The number of carboxylic acids is 3. The van der Waals surface area contributed by atoms with E-state index in [-0.39, 0.29) is 161 Å². The number of amides is 8. The Morgan fingerprint density at radius 3 is 1.79 bits per heavy atom. The summed E-state index contributed by atoms with van der Waals surface area (Å²) < 4.78 is 11.3. The summed E-state index contributed by atoms with van der Waals surface area (Å²) in [5.41, 5.74) is 7.99. The van der Waals surface area contributed by atoms with Crippen LogP contribution in [0.15, 0.2) is 83.9 Å². The third kappa shape index (κ3) is 27.7. The van der Waals surface area contributed by atoms with Crippen LogP contribution in [0.4, 0.5) is 10.5 Å². The zero-order valence-electron chi connectivity index (χ0n) is 52.4. The number of nitrogens with two attached hydrogens (primary N) is 1. The summed E-state index contributed by atoms with van der Waals surface area (Å²) in [6.07, 6.45) is -8.08. The molecule has 2 saturated heterocycles. The Hall–Kier alpha value is -8.93. The Morgan fingerprint density at radius 1 is 0.606 bits per heavy atom. The lowest BCUT2D eigenvalue weighted by Crippen LogP contribution is -2.63. The number of nitrogens with one attached hydrogen (secondary N) is 8. The number of rotatable bonds is 33. The molecule has 0 saturated carbocycles. The Kier molecular flexibility index (Phi) is 32.4. The molecule has 17 N–H and O–H groups in total. The molecule has 5 rings (SSSR count). The van der Waals surface area contributed by atoms with E-state index in [1.54, 1.807) is 93.3 Å². The van der Waals surface area contributed by atoms with Crippen LogP contribution in [0, 0.1) is 0 Å². The molecule has 2 heterocycles. The molecule has 2 fully saturated rings. The number of aliphatic carboxylic acids is 3. The molecule has 94 heavy (non-hydrogen) atoms. The number of carbonyl (C=O) groups excluding carboxylic acids is 7. The first-order valence-electron chi connectivity index (χ1n) is 30.8. The van der Waals surface area contributed by atoms with Crippen molar-refractivity contribution in [2.75, 3.05) is 130 Å². The van der Waals surface area contributed by atoms with Crippen LogP contribution < -0.4 is 48.3 Å². The van der Waals surface area contributed by atoms with Gasteiger partial charge in [-0.05, 0) is 53.8 Å². The molecule has 0 aromatic heterocycles. The third-order valence-electron chi connectivity index (χ3n) is 15.0. The zero-order chi connectivity index (χ0) is 68.5. The molecule has 3 aromatic rings. The van der Waals surface area contributed by atoms with Gasteiger partial charge in [0.1, 0.15) is 36.2 Å². The molecule has 0 spiro atoms. The number of phenolic OH excluding ortho intramolecular Hbond substituents is 1. The number of urea groups is 1. The lowest BCUT2D eigenvalue weighted by Gasteiger charge is -2.40. The van der Waals surface area contributed by atoms with Crippen LogP contribution in [0.25, 0.3) is 0 Å². The second-order valence-corrected chi connectivity index (χ2v) is 22.3. The molecule has 33 nitrogen and oxygen atoms in total. The average molecular weight is 1320 g/mol. The molecule has 516 valence electrons. The van der Waals surface area contributed by atoms with Crippen molar-refractivity contribution in [2.45, 2.75) is 81.6 Å². The number of aliphatic imine (C=N–C) groups is 1. The van der Waals surface area contributed by atoms with E-state index < -0.39 is 102 Å². The molecule has 5 unspecified atom stereocenters. The smallest absolute Gasteiger partial charge is 0.344 e. The van der Waals surface area contributed by atoms with Gasteiger partial charge in [-0.3, -0.25) is 62.8 Å². The van der Waals surface area contributed by atoms with Gasteiger partial charge in [-0.2, -0.15) is 4.99 Å². The van der Waals surface area contributed by atoms with E-state index in [1.165, 1.54) is 12.1 Å². The molecule has 3 aromatic carbocycles. The van der Waals surface area contributed by atoms with Crippen molar-refractivity contribution in [2.24, 2.45) is 10.7 Å². The summed E-state index contributed by atoms with van der Waals surface area (Å²) in [5.74, 6) is -7.66. The van der Waals surface area contributed by atoms with Crippen molar-refractivity contribution in [1.29, 1.82) is 0 Å². The van der Waals surface area contributed by atoms with Crippen LogP contribution in [0.5, 0.6) is 5.75 Å². The minimum atomic E-state index is -1.88. The second kappa shape index (κ2) is 40.2. The first kappa shape index (κ1) is 75.8. The van der Waals surface area contributed by atoms with Crippen molar-refractivity contribution < 1.29 is 93.2 Å². The van der Waals surface area contributed by atoms with E-state index in [1.807, 2.05) is 0 Å². The first-order valence-corrected chi connectivity index (χ1v) is 30.8. The van der Waals surface area contributed by atoms with Gasteiger partial charge in [0, 0.05) is 104 Å². The maximum absolute atomic E-state index is 14.5. The minimum Gasteiger partial charge on any atom is -0.508 e. The van der Waals surface area contributed by atoms with Gasteiger partial charge in [0.2, 0.25) is 29.5 Å². The lowest BCUT2D eigenvalue weighted by atomic mass is 9.89. The normalized spacial score (nSPS) is 19.3. The van der Waals surface area contributed by atoms with Crippen LogP contribution in [0.2, 0.25) is 0 Å².